The van der Waals surface area contributed by atoms with E-state index in [-0.39, 0.29) is 16.6 Å². The summed E-state index contributed by atoms with van der Waals surface area (Å²) in [5.74, 6) is -0.337. The largest absolute Gasteiger partial charge is 0.312 e. The molecular weight excluding hydrogens is 355 g/mol. The molecule has 5 nitrogen and oxygen atoms in total. The molecule has 3 rings (SSSR count). The summed E-state index contributed by atoms with van der Waals surface area (Å²) in [5, 5.41) is 0. The summed E-state index contributed by atoms with van der Waals surface area (Å²) in [6, 6.07) is 10.0. The van der Waals surface area contributed by atoms with Crippen LogP contribution in [0.4, 0.5) is 10.1 Å². The highest BCUT2D eigenvalue weighted by Crippen LogP contribution is 2.31. The summed E-state index contributed by atoms with van der Waals surface area (Å²) in [5.41, 5.74) is 2.31. The van der Waals surface area contributed by atoms with Crippen molar-refractivity contribution < 1.29 is 17.6 Å². The number of carbonyl (C=O) groups is 1. The Morgan fingerprint density at radius 2 is 1.92 bits per heavy atom. The number of amides is 1. The summed E-state index contributed by atoms with van der Waals surface area (Å²) in [4.78, 5) is 13.8. The summed E-state index contributed by atoms with van der Waals surface area (Å²) >= 11 is 0. The number of nitrogens with one attached hydrogen (secondary N) is 1. The molecule has 1 amide bonds. The molecule has 1 heterocycles. The summed E-state index contributed by atoms with van der Waals surface area (Å²) in [6.07, 6.45) is 1.05. The van der Waals surface area contributed by atoms with Crippen LogP contribution in [0.5, 0.6) is 0 Å². The zero-order valence-corrected chi connectivity index (χ0v) is 15.5. The third-order valence-electron chi connectivity index (χ3n) is 4.56. The van der Waals surface area contributed by atoms with E-state index >= 15 is 0 Å². The molecule has 1 atom stereocenters. The number of halogens is 1. The van der Waals surface area contributed by atoms with Gasteiger partial charge in [0.1, 0.15) is 5.82 Å². The zero-order chi connectivity index (χ0) is 18.9. The van der Waals surface area contributed by atoms with Gasteiger partial charge in [-0.3, -0.25) is 4.79 Å². The van der Waals surface area contributed by atoms with Gasteiger partial charge in [0.05, 0.1) is 4.90 Å². The molecule has 2 aromatic carbocycles. The van der Waals surface area contributed by atoms with Crippen molar-refractivity contribution in [3.8, 4) is 0 Å². The molecule has 138 valence electrons. The molecule has 0 aromatic heterocycles. The third kappa shape index (κ3) is 3.64. The van der Waals surface area contributed by atoms with E-state index < -0.39 is 16.1 Å². The first-order valence-electron chi connectivity index (χ1n) is 8.53. The molecule has 0 spiro atoms. The van der Waals surface area contributed by atoms with Crippen LogP contribution in [-0.2, 0) is 21.2 Å². The van der Waals surface area contributed by atoms with Crippen LogP contribution in [0.25, 0.3) is 0 Å². The predicted octanol–water partition coefficient (Wildman–Crippen LogP) is 3.16. The molecule has 26 heavy (non-hydrogen) atoms. The second-order valence-corrected chi connectivity index (χ2v) is 8.05. The van der Waals surface area contributed by atoms with Crippen LogP contribution in [-0.4, -0.2) is 20.9 Å². The Hall–Kier alpha value is -2.25. The smallest absolute Gasteiger partial charge is 0.241 e. The Morgan fingerprint density at radius 1 is 1.23 bits per heavy atom. The number of nitrogens with zero attached hydrogens (tertiary/aromatic N) is 1. The van der Waals surface area contributed by atoms with Gasteiger partial charge in [0.25, 0.3) is 0 Å². The minimum atomic E-state index is -3.73. The number of fused-ring (bicyclic) bond motifs is 1. The SMILES string of the molecule is CCC(=O)N1CCc2cc(S(=O)(=O)NC(C)c3ccc(F)cc3)ccc21. The Morgan fingerprint density at radius 3 is 2.58 bits per heavy atom. The number of anilines is 1. The fraction of sp³-hybridized carbons (Fsp3) is 0.316. The summed E-state index contributed by atoms with van der Waals surface area (Å²) < 4.78 is 41.0. The van der Waals surface area contributed by atoms with Crippen LogP contribution >= 0.6 is 0 Å². The van der Waals surface area contributed by atoms with Crippen molar-refractivity contribution in [1.82, 2.24) is 4.72 Å². The molecule has 1 unspecified atom stereocenters. The first kappa shape index (κ1) is 18.5. The van der Waals surface area contributed by atoms with Crippen molar-refractivity contribution >= 4 is 21.6 Å². The lowest BCUT2D eigenvalue weighted by atomic mass is 10.1. The van der Waals surface area contributed by atoms with Gasteiger partial charge in [-0.05, 0) is 54.8 Å². The topological polar surface area (TPSA) is 66.5 Å². The van der Waals surface area contributed by atoms with Gasteiger partial charge in [0, 0.05) is 24.7 Å². The maximum absolute atomic E-state index is 13.0. The minimum absolute atomic E-state index is 0.0300. The second kappa shape index (κ2) is 7.17. The molecular formula is C19H21FN2O3S. The molecule has 7 heteroatoms. The molecule has 0 radical (unpaired) electrons. The van der Waals surface area contributed by atoms with E-state index in [1.165, 1.54) is 18.2 Å². The highest BCUT2D eigenvalue weighted by molar-refractivity contribution is 7.89. The molecule has 1 aliphatic rings. The van der Waals surface area contributed by atoms with Gasteiger partial charge >= 0.3 is 0 Å². The van der Waals surface area contributed by atoms with E-state index in [0.717, 1.165) is 11.3 Å². The third-order valence-corrected chi connectivity index (χ3v) is 6.10. The van der Waals surface area contributed by atoms with Crippen molar-refractivity contribution in [2.24, 2.45) is 0 Å². The highest BCUT2D eigenvalue weighted by Gasteiger charge is 2.26. The van der Waals surface area contributed by atoms with Gasteiger partial charge in [0.2, 0.25) is 15.9 Å². The molecule has 0 bridgehead atoms. The quantitative estimate of drug-likeness (QED) is 0.872. The Labute approximate surface area is 152 Å². The monoisotopic (exact) mass is 376 g/mol. The molecule has 0 saturated carbocycles. The molecule has 0 saturated heterocycles. The van der Waals surface area contributed by atoms with Crippen molar-refractivity contribution in [3.63, 3.8) is 0 Å². The van der Waals surface area contributed by atoms with E-state index in [9.17, 15) is 17.6 Å². The van der Waals surface area contributed by atoms with Crippen LogP contribution in [0.2, 0.25) is 0 Å². The Balaban J connectivity index is 1.82. The fourth-order valence-electron chi connectivity index (χ4n) is 3.12. The average molecular weight is 376 g/mol. The van der Waals surface area contributed by atoms with Crippen LogP contribution in [0.3, 0.4) is 0 Å². The van der Waals surface area contributed by atoms with Gasteiger partial charge in [-0.15, -0.1) is 0 Å². The Bertz CT molecular complexity index is 926. The molecule has 1 N–H and O–H groups in total. The molecule has 2 aromatic rings. The average Bonchev–Trinajstić information content (AvgIpc) is 3.04. The van der Waals surface area contributed by atoms with Gasteiger partial charge in [-0.1, -0.05) is 19.1 Å². The normalized spacial score (nSPS) is 15.0. The number of sulfonamides is 1. The summed E-state index contributed by atoms with van der Waals surface area (Å²) in [7, 11) is -3.73. The number of hydrogen-bond acceptors (Lipinski definition) is 3. The zero-order valence-electron chi connectivity index (χ0n) is 14.7. The van der Waals surface area contributed by atoms with Crippen LogP contribution in [0.1, 0.15) is 37.4 Å². The molecule has 0 aliphatic carbocycles. The van der Waals surface area contributed by atoms with Crippen LogP contribution in [0, 0.1) is 5.82 Å². The lowest BCUT2D eigenvalue weighted by Gasteiger charge is -2.17. The van der Waals surface area contributed by atoms with E-state index in [2.05, 4.69) is 4.72 Å². The minimum Gasteiger partial charge on any atom is -0.312 e. The van der Waals surface area contributed by atoms with Gasteiger partial charge in [-0.25, -0.2) is 17.5 Å². The predicted molar refractivity (Wildman–Crippen MR) is 97.9 cm³/mol. The van der Waals surface area contributed by atoms with E-state index in [4.69, 9.17) is 0 Å². The fourth-order valence-corrected chi connectivity index (χ4v) is 4.40. The van der Waals surface area contributed by atoms with Gasteiger partial charge in [0.15, 0.2) is 0 Å². The van der Waals surface area contributed by atoms with Gasteiger partial charge in [-0.2, -0.15) is 0 Å². The van der Waals surface area contributed by atoms with Crippen molar-refractivity contribution in [1.29, 1.82) is 0 Å². The lowest BCUT2D eigenvalue weighted by molar-refractivity contribution is -0.118. The first-order valence-corrected chi connectivity index (χ1v) is 10.0. The maximum atomic E-state index is 13.0. The van der Waals surface area contributed by atoms with Crippen molar-refractivity contribution in [3.05, 3.63) is 59.4 Å². The number of carbonyl (C=O) groups excluding carboxylic acids is 1. The van der Waals surface area contributed by atoms with E-state index in [1.54, 1.807) is 43.0 Å². The second-order valence-electron chi connectivity index (χ2n) is 6.33. The molecule has 1 aliphatic heterocycles. The van der Waals surface area contributed by atoms with E-state index in [0.29, 0.717) is 24.9 Å². The number of rotatable bonds is 5. The number of benzene rings is 2. The van der Waals surface area contributed by atoms with Crippen molar-refractivity contribution in [2.75, 3.05) is 11.4 Å². The standard InChI is InChI=1S/C19H21FN2O3S/c1-3-19(23)22-11-10-15-12-17(8-9-18(15)22)26(24,25)21-13(2)14-4-6-16(20)7-5-14/h4-9,12-13,21H,3,10-11H2,1-2H3. The Kier molecular flexibility index (Phi) is 5.11. The van der Waals surface area contributed by atoms with Crippen molar-refractivity contribution in [2.45, 2.75) is 37.6 Å². The van der Waals surface area contributed by atoms with Crippen LogP contribution in [0.15, 0.2) is 47.4 Å². The van der Waals surface area contributed by atoms with E-state index in [1.807, 2.05) is 0 Å². The number of hydrogen-bond donors (Lipinski definition) is 1. The van der Waals surface area contributed by atoms with Crippen LogP contribution < -0.4 is 9.62 Å². The first-order chi connectivity index (χ1) is 12.3. The summed E-state index contributed by atoms with van der Waals surface area (Å²) in [6.45, 7) is 4.09. The molecule has 0 fully saturated rings. The van der Waals surface area contributed by atoms with Gasteiger partial charge < -0.3 is 4.90 Å². The lowest BCUT2D eigenvalue weighted by Crippen LogP contribution is -2.28. The highest BCUT2D eigenvalue weighted by atomic mass is 32.2. The maximum Gasteiger partial charge on any atom is 0.241 e.